The number of hydrogen-bond acceptors (Lipinski definition) is 3. The molecule has 7 aromatic rings. The number of hydrogen-bond donors (Lipinski definition) is 0. The van der Waals surface area contributed by atoms with Crippen molar-refractivity contribution in [3.63, 3.8) is 0 Å². The molecule has 309 valence electrons. The Balaban J connectivity index is 0.000000227. The van der Waals surface area contributed by atoms with Gasteiger partial charge < -0.3 is 14.4 Å². The summed E-state index contributed by atoms with van der Waals surface area (Å²) in [4.78, 5) is 9.53. The van der Waals surface area contributed by atoms with Crippen molar-refractivity contribution >= 4 is 35.2 Å². The molecule has 1 aliphatic rings. The minimum Gasteiger partial charge on any atom is -0.501 e. The van der Waals surface area contributed by atoms with E-state index in [0.717, 1.165) is 63.7 Å². The predicted molar refractivity (Wildman–Crippen MR) is 250 cm³/mol. The second-order valence-electron chi connectivity index (χ2n) is 20.7. The van der Waals surface area contributed by atoms with Gasteiger partial charge in [0.1, 0.15) is 5.58 Å². The third-order valence-electron chi connectivity index (χ3n) is 11.4. The summed E-state index contributed by atoms with van der Waals surface area (Å²) < 4.78 is 6.61. The first-order valence-electron chi connectivity index (χ1n) is 21.2. The average Bonchev–Trinajstić information content (AvgIpc) is 3.55. The molecule has 0 aliphatic heterocycles. The van der Waals surface area contributed by atoms with Gasteiger partial charge in [-0.25, -0.2) is 0 Å². The van der Waals surface area contributed by atoms with Gasteiger partial charge in [0, 0.05) is 37.9 Å². The molecule has 0 fully saturated rings. The van der Waals surface area contributed by atoms with E-state index >= 15 is 0 Å². The van der Waals surface area contributed by atoms with Gasteiger partial charge in [-0.05, 0) is 99.3 Å². The number of nitrogens with zero attached hydrogens (tertiary/aromatic N) is 2. The average molecular weight is 975 g/mol. The molecule has 0 saturated carbocycles. The second-order valence-corrected chi connectivity index (χ2v) is 25.7. The van der Waals surface area contributed by atoms with E-state index in [0.29, 0.717) is 0 Å². The molecule has 0 spiro atoms. The molecular formula is C54H62IrN2OSi-2. The minimum absolute atomic E-state index is 0. The monoisotopic (exact) mass is 975 g/mol. The summed E-state index contributed by atoms with van der Waals surface area (Å²) in [6.45, 7) is 27.8. The van der Waals surface area contributed by atoms with Crippen molar-refractivity contribution in [2.24, 2.45) is 5.41 Å². The molecule has 8 rings (SSSR count). The van der Waals surface area contributed by atoms with Gasteiger partial charge in [0.25, 0.3) is 0 Å². The molecule has 1 radical (unpaired) electrons. The third-order valence-corrected chi connectivity index (χ3v) is 13.5. The van der Waals surface area contributed by atoms with Crippen LogP contribution < -0.4 is 5.19 Å². The molecular weight excluding hydrogens is 913 g/mol. The van der Waals surface area contributed by atoms with E-state index in [1.54, 1.807) is 0 Å². The van der Waals surface area contributed by atoms with E-state index in [2.05, 4.69) is 161 Å². The first-order chi connectivity index (χ1) is 27.3. The normalized spacial score (nSPS) is 13.4. The Morgan fingerprint density at radius 1 is 0.695 bits per heavy atom. The minimum atomic E-state index is -1.37. The fourth-order valence-electron chi connectivity index (χ4n) is 8.23. The Kier molecular flexibility index (Phi) is 12.8. The summed E-state index contributed by atoms with van der Waals surface area (Å²) in [6.07, 6.45) is 9.84. The number of aryl methyl sites for hydroxylation is 1. The molecule has 1 aliphatic carbocycles. The number of rotatable bonds is 5. The van der Waals surface area contributed by atoms with E-state index in [9.17, 15) is 0 Å². The maximum absolute atomic E-state index is 6.61. The van der Waals surface area contributed by atoms with Crippen molar-refractivity contribution in [3.8, 4) is 33.6 Å². The number of pyridine rings is 2. The van der Waals surface area contributed by atoms with Crippen LogP contribution in [0.2, 0.25) is 19.6 Å². The molecule has 3 heterocycles. The van der Waals surface area contributed by atoms with E-state index < -0.39 is 8.07 Å². The number of benzene rings is 4. The zero-order valence-corrected chi connectivity index (χ0v) is 40.8. The summed E-state index contributed by atoms with van der Waals surface area (Å²) in [5, 5.41) is 3.75. The van der Waals surface area contributed by atoms with E-state index in [1.807, 2.05) is 30.5 Å². The molecule has 3 nitrogen and oxygen atoms in total. The van der Waals surface area contributed by atoms with Crippen molar-refractivity contribution in [1.82, 2.24) is 9.97 Å². The number of fused-ring (bicyclic) bond motifs is 4. The Morgan fingerprint density at radius 2 is 1.41 bits per heavy atom. The standard InChI is InChI=1S/C35H36NO.C19H26NSi.Ir/c1-34(2,3)25-18-24(19-26(21-25)35(4,5)6)23-14-15-28-29-12-9-13-30(33(29)37-31(28)20-23)32-27-11-8-7-10-22(27)16-17-36-32;1-19(2,3)13-16-12-17(15-10-8-7-9-11-15)20-14-18(16)21(4,5)6;/h9,12,14-21H,7-8,10-11H2,1-6H3;7-10,12,14H,13H2,1-6H3;/q2*-1;. The first kappa shape index (κ1) is 44.4. The fraction of sp³-hybridized carbons (Fsp3) is 0.370. The third kappa shape index (κ3) is 10.1. The van der Waals surface area contributed by atoms with E-state index in [1.165, 1.54) is 57.0 Å². The second kappa shape index (κ2) is 17.1. The zero-order chi connectivity index (χ0) is 41.6. The fourth-order valence-corrected chi connectivity index (χ4v) is 9.80. The molecule has 3 aromatic heterocycles. The van der Waals surface area contributed by atoms with Crippen molar-refractivity contribution in [3.05, 3.63) is 137 Å². The van der Waals surface area contributed by atoms with Crippen molar-refractivity contribution in [1.29, 1.82) is 0 Å². The van der Waals surface area contributed by atoms with Gasteiger partial charge in [0.15, 0.2) is 0 Å². The van der Waals surface area contributed by atoms with Crippen LogP contribution >= 0.6 is 0 Å². The first-order valence-corrected chi connectivity index (χ1v) is 24.7. The molecule has 0 unspecified atom stereocenters. The molecule has 0 amide bonds. The van der Waals surface area contributed by atoms with Crippen molar-refractivity contribution in [2.45, 2.75) is 125 Å². The predicted octanol–water partition coefficient (Wildman–Crippen LogP) is 14.3. The summed E-state index contributed by atoms with van der Waals surface area (Å²) in [5.74, 6) is 0. The molecule has 0 N–H and O–H groups in total. The molecule has 59 heavy (non-hydrogen) atoms. The Morgan fingerprint density at radius 3 is 2.05 bits per heavy atom. The van der Waals surface area contributed by atoms with Crippen LogP contribution in [0, 0.1) is 17.5 Å². The van der Waals surface area contributed by atoms with Gasteiger partial charge in [-0.2, -0.15) is 0 Å². The van der Waals surface area contributed by atoms with E-state index in [4.69, 9.17) is 14.4 Å². The SMILES string of the molecule is CC(C)(C)Cc1cc(-c2[c-]cccc2)ncc1[Si](C)(C)C.CC(C)(C)c1cc(-c2ccc3c(c2)oc2c(-c4nccc5c4CCCC5)[c-]ccc23)cc(C(C)(C)C)c1.[Ir]. The Labute approximate surface area is 368 Å². The summed E-state index contributed by atoms with van der Waals surface area (Å²) in [6, 6.07) is 37.2. The molecule has 0 bridgehead atoms. The molecule has 5 heteroatoms. The zero-order valence-electron chi connectivity index (χ0n) is 37.4. The van der Waals surface area contributed by atoms with Crippen LogP contribution in [0.15, 0.2) is 102 Å². The van der Waals surface area contributed by atoms with Crippen LogP contribution in [0.25, 0.3) is 55.6 Å². The largest absolute Gasteiger partial charge is 0.501 e. The maximum atomic E-state index is 6.61. The van der Waals surface area contributed by atoms with Gasteiger partial charge in [-0.1, -0.05) is 146 Å². The topological polar surface area (TPSA) is 38.9 Å². The quantitative estimate of drug-likeness (QED) is 0.127. The van der Waals surface area contributed by atoms with Gasteiger partial charge in [0.05, 0.1) is 13.7 Å². The summed E-state index contributed by atoms with van der Waals surface area (Å²) in [5.41, 5.74) is 15.8. The maximum Gasteiger partial charge on any atom is 0.121 e. The Hall–Kier alpha value is -4.15. The van der Waals surface area contributed by atoms with Gasteiger partial charge in [-0.15, -0.1) is 54.1 Å². The van der Waals surface area contributed by atoms with Gasteiger partial charge in [-0.3, -0.25) is 0 Å². The van der Waals surface area contributed by atoms with Gasteiger partial charge in [0.2, 0.25) is 0 Å². The van der Waals surface area contributed by atoms with Crippen LogP contribution in [-0.2, 0) is 50.2 Å². The van der Waals surface area contributed by atoms with Crippen LogP contribution in [0.5, 0.6) is 0 Å². The number of aromatic nitrogens is 2. The summed E-state index contributed by atoms with van der Waals surface area (Å²) >= 11 is 0. The van der Waals surface area contributed by atoms with Gasteiger partial charge >= 0.3 is 0 Å². The molecule has 0 atom stereocenters. The molecule has 0 saturated heterocycles. The smallest absolute Gasteiger partial charge is 0.121 e. The Bertz CT molecular complexity index is 2540. The van der Waals surface area contributed by atoms with Crippen LogP contribution in [0.4, 0.5) is 0 Å². The van der Waals surface area contributed by atoms with Crippen molar-refractivity contribution in [2.75, 3.05) is 0 Å². The van der Waals surface area contributed by atoms with E-state index in [-0.39, 0.29) is 36.4 Å². The van der Waals surface area contributed by atoms with Crippen molar-refractivity contribution < 1.29 is 24.5 Å². The van der Waals surface area contributed by atoms with Crippen LogP contribution in [0.3, 0.4) is 0 Å². The van der Waals surface area contributed by atoms with Crippen LogP contribution in [0.1, 0.15) is 103 Å². The molecule has 4 aromatic carbocycles. The summed E-state index contributed by atoms with van der Waals surface area (Å²) in [7, 11) is -1.37. The number of furan rings is 1. The van der Waals surface area contributed by atoms with Crippen LogP contribution in [-0.4, -0.2) is 18.0 Å².